The van der Waals surface area contributed by atoms with Gasteiger partial charge in [-0.3, -0.25) is 22.6 Å². The third-order valence-electron chi connectivity index (χ3n) is 11.8. The van der Waals surface area contributed by atoms with E-state index in [9.17, 15) is 62.3 Å². The number of aryl methyl sites for hydroxylation is 3. The van der Waals surface area contributed by atoms with Gasteiger partial charge >= 0.3 is 10.6 Å². The van der Waals surface area contributed by atoms with E-state index < -0.39 is 79.1 Å². The zero-order valence-corrected chi connectivity index (χ0v) is 52.5. The fraction of sp³-hybridized carbons (Fsp3) is 0.280. The minimum Gasteiger partial charge on any atom is -0.495 e. The zero-order valence-electron chi connectivity index (χ0n) is 46.0. The molecule has 87 heavy (non-hydrogen) atoms. The Morgan fingerprint density at radius 3 is 1.56 bits per heavy atom. The molecule has 0 aliphatic heterocycles. The van der Waals surface area contributed by atoms with E-state index >= 15 is 0 Å². The molecule has 7 aromatic rings. The second-order valence-electron chi connectivity index (χ2n) is 18.3. The molecule has 0 fully saturated rings. The summed E-state index contributed by atoms with van der Waals surface area (Å²) in [5.41, 5.74) is 3.77. The van der Waals surface area contributed by atoms with Crippen molar-refractivity contribution in [3.05, 3.63) is 106 Å². The average Bonchev–Trinajstić information content (AvgIpc) is 1.86. The first kappa shape index (κ1) is 68.7. The Bertz CT molecular complexity index is 4560. The lowest BCUT2D eigenvalue weighted by Gasteiger charge is -2.12. The Balaban J connectivity index is 0.00000293. The van der Waals surface area contributed by atoms with Gasteiger partial charge in [0, 0.05) is 32.5 Å². The first-order valence-electron chi connectivity index (χ1n) is 24.8. The predicted octanol–water partition coefficient (Wildman–Crippen LogP) is 12.3. The number of hydrogen-bond donors (Lipinski definition) is 5. The van der Waals surface area contributed by atoms with Crippen molar-refractivity contribution >= 4 is 148 Å². The molecule has 7 rings (SSSR count). The number of pyridine rings is 1. The highest BCUT2D eigenvalue weighted by Gasteiger charge is 2.25. The highest BCUT2D eigenvalue weighted by Crippen LogP contribution is 2.44. The van der Waals surface area contributed by atoms with E-state index in [4.69, 9.17) is 33.7 Å². The number of rotatable bonds is 25. The average molecular weight is 1350 g/mol. The molecule has 0 atom stereocenters. The molecule has 5 aromatic carbocycles. The van der Waals surface area contributed by atoms with Gasteiger partial charge in [-0.05, 0) is 136 Å². The first-order valence-corrected chi connectivity index (χ1v) is 34.4. The molecule has 462 valence electrons. The number of methoxy groups -OCH3 is 1. The molecule has 2 heterocycles. The Labute approximate surface area is 512 Å². The van der Waals surface area contributed by atoms with E-state index in [-0.39, 0.29) is 93.7 Å². The van der Waals surface area contributed by atoms with Gasteiger partial charge in [-0.25, -0.2) is 4.98 Å². The van der Waals surface area contributed by atoms with Crippen molar-refractivity contribution in [2.24, 2.45) is 40.9 Å². The van der Waals surface area contributed by atoms with Crippen LogP contribution in [-0.2, 0) is 51.1 Å². The molecular formula is C50H50ClN11O18S7. The fourth-order valence-electron chi connectivity index (χ4n) is 7.74. The highest BCUT2D eigenvalue weighted by atomic mass is 35.5. The third kappa shape index (κ3) is 19.8. The summed E-state index contributed by atoms with van der Waals surface area (Å²) in [6.45, 7) is 6.39. The van der Waals surface area contributed by atoms with Gasteiger partial charge in [-0.15, -0.1) is 56.6 Å². The number of ether oxygens (including phenoxy) is 2. The Kier molecular flexibility index (Phi) is 23.3. The summed E-state index contributed by atoms with van der Waals surface area (Å²) in [6, 6.07) is 20.7. The molecule has 0 radical (unpaired) electrons. The van der Waals surface area contributed by atoms with Gasteiger partial charge < -0.3 is 14.6 Å². The van der Waals surface area contributed by atoms with Crippen molar-refractivity contribution in [2.75, 3.05) is 42.5 Å². The molecule has 0 saturated carbocycles. The number of aromatic hydroxyl groups is 1. The summed E-state index contributed by atoms with van der Waals surface area (Å²) >= 11 is 8.48. The maximum Gasteiger partial charge on any atom is 0.425 e. The van der Waals surface area contributed by atoms with Gasteiger partial charge in [-0.2, -0.15) is 59.4 Å². The molecule has 29 nitrogen and oxygen atoms in total. The predicted molar refractivity (Wildman–Crippen MR) is 322 cm³/mol. The van der Waals surface area contributed by atoms with Crippen LogP contribution in [0.2, 0.25) is 5.02 Å². The fourth-order valence-corrected chi connectivity index (χ4v) is 12.3. The number of nitrogens with zero attached hydrogens (tertiary/aromatic N) is 11. The van der Waals surface area contributed by atoms with Gasteiger partial charge in [0.1, 0.15) is 33.7 Å². The maximum atomic E-state index is 12.2. The molecule has 0 bridgehead atoms. The van der Waals surface area contributed by atoms with E-state index in [2.05, 4.69) is 45.9 Å². The molecule has 0 saturated heterocycles. The van der Waals surface area contributed by atoms with Crippen LogP contribution in [0.4, 0.5) is 45.5 Å². The molecule has 0 amide bonds. The van der Waals surface area contributed by atoms with Gasteiger partial charge in [-0.1, -0.05) is 11.6 Å². The summed E-state index contributed by atoms with van der Waals surface area (Å²) < 4.78 is 169. The van der Waals surface area contributed by atoms with Gasteiger partial charge in [0.05, 0.1) is 76.1 Å². The number of fused-ring (bicyclic) bond motifs is 3. The standard InChI is InChI=1S/C50H50ClN11O15S6.O3S/c1-28-19-39(58-61-48-31(4)34(27-52)49-53-38-25-47(83(73,74)75)44(76-5)26-42(38)62(49)50(48)63)43(77-13-6-16-80(64,65)66)22-35(28)56-59-40-21-30(3)37(24-46(40)79-15-8-18-82(70,71)72)57-60-41-20-29(2)36(55-54-33-11-9-32(51)10-12-33)23-45(41)78-14-7-17-81(67,68)69;1-4(2)3/h9-12,19-26,63H,6-8,13-18H2,1-5H3,(H,64,65,66)(H,67,68,69)(H,70,71,72)(H,73,74,75);. The van der Waals surface area contributed by atoms with E-state index in [0.29, 0.717) is 59.9 Å². The molecular weight excluding hydrogens is 1300 g/mol. The quantitative estimate of drug-likeness (QED) is 0.0154. The lowest BCUT2D eigenvalue weighted by Crippen LogP contribution is -2.08. The third-order valence-corrected chi connectivity index (χ3v) is 17.6. The van der Waals surface area contributed by atoms with Crippen molar-refractivity contribution in [1.29, 1.82) is 5.26 Å². The van der Waals surface area contributed by atoms with Crippen molar-refractivity contribution in [3.63, 3.8) is 0 Å². The molecule has 0 aliphatic carbocycles. The van der Waals surface area contributed by atoms with Crippen LogP contribution in [0, 0.1) is 39.0 Å². The van der Waals surface area contributed by atoms with Crippen LogP contribution in [0.5, 0.6) is 17.4 Å². The van der Waals surface area contributed by atoms with Gasteiger partial charge in [0.15, 0.2) is 11.3 Å². The second kappa shape index (κ2) is 29.5. The number of halogens is 1. The molecule has 2 aromatic heterocycles. The van der Waals surface area contributed by atoms with Crippen molar-refractivity contribution < 1.29 is 79.1 Å². The zero-order chi connectivity index (χ0) is 64.2. The number of imidazole rings is 1. The topological polar surface area (TPSA) is 447 Å². The van der Waals surface area contributed by atoms with Gasteiger partial charge in [0.25, 0.3) is 40.5 Å². The monoisotopic (exact) mass is 1350 g/mol. The molecule has 0 aliphatic rings. The number of aromatic nitrogens is 2. The molecule has 37 heteroatoms. The lowest BCUT2D eigenvalue weighted by molar-refractivity contribution is 0.317. The molecule has 0 unspecified atom stereocenters. The minimum absolute atomic E-state index is 0.0199. The normalized spacial score (nSPS) is 12.4. The van der Waals surface area contributed by atoms with Crippen LogP contribution < -0.4 is 9.47 Å². The van der Waals surface area contributed by atoms with Crippen LogP contribution in [0.3, 0.4) is 0 Å². The summed E-state index contributed by atoms with van der Waals surface area (Å²) in [5.74, 6) is -2.05. The Morgan fingerprint density at radius 1 is 0.621 bits per heavy atom. The number of azo groups is 4. The Hall–Kier alpha value is -7.41. The summed E-state index contributed by atoms with van der Waals surface area (Å²) in [6.07, 6.45) is -0.00122. The molecule has 5 N–H and O–H groups in total. The first-order chi connectivity index (χ1) is 40.7. The van der Waals surface area contributed by atoms with E-state index in [1.165, 1.54) is 48.6 Å². The number of thioether (sulfide) groups is 2. The van der Waals surface area contributed by atoms with Crippen LogP contribution in [0.25, 0.3) is 16.7 Å². The number of nitriles is 1. The van der Waals surface area contributed by atoms with Gasteiger partial charge in [0.2, 0.25) is 5.88 Å². The smallest absolute Gasteiger partial charge is 0.425 e. The summed E-state index contributed by atoms with van der Waals surface area (Å²) in [7, 11) is -19.6. The van der Waals surface area contributed by atoms with E-state index in [1.54, 1.807) is 69.3 Å². The summed E-state index contributed by atoms with van der Waals surface area (Å²) in [5, 5.41) is 58.2. The highest BCUT2D eigenvalue weighted by molar-refractivity contribution is 7.99. The molecule has 0 spiro atoms. The summed E-state index contributed by atoms with van der Waals surface area (Å²) in [4.78, 5) is 4.78. The minimum atomic E-state index is -4.80. The maximum absolute atomic E-state index is 12.2. The van der Waals surface area contributed by atoms with E-state index in [0.717, 1.165) is 17.6 Å². The van der Waals surface area contributed by atoms with Crippen LogP contribution in [0.1, 0.15) is 47.1 Å². The second-order valence-corrected chi connectivity index (χ2v) is 27.5. The van der Waals surface area contributed by atoms with Crippen molar-refractivity contribution in [2.45, 2.75) is 61.6 Å². The number of hydrogen-bond acceptors (Lipinski definition) is 26. The van der Waals surface area contributed by atoms with Crippen molar-refractivity contribution in [3.8, 4) is 23.4 Å². The lowest BCUT2D eigenvalue weighted by atomic mass is 10.1. The van der Waals surface area contributed by atoms with Crippen LogP contribution >= 0.6 is 35.1 Å². The number of benzene rings is 5. The van der Waals surface area contributed by atoms with Crippen molar-refractivity contribution in [1.82, 2.24) is 9.38 Å². The van der Waals surface area contributed by atoms with E-state index in [1.807, 2.05) is 6.07 Å². The largest absolute Gasteiger partial charge is 0.495 e. The Morgan fingerprint density at radius 2 is 1.08 bits per heavy atom. The van der Waals surface area contributed by atoms with Crippen LogP contribution in [0.15, 0.2) is 128 Å². The van der Waals surface area contributed by atoms with Crippen LogP contribution in [-0.4, -0.2) is 121 Å². The SMILES string of the molecule is COc1cc2c(cc1S(=O)(=O)O)nc1c(C#N)c(C)c(N=Nc3cc(C)c(N=Nc4cc(C)c(N=Nc5cc(C)c(N=Nc6ccc(Cl)cc6)cc5SCCCS(=O)(=O)O)cc4SCCCS(=O)(=O)O)cc3OCCCS(=O)(=O)O)c(O)n12.O=S(=O)=O.